The summed E-state index contributed by atoms with van der Waals surface area (Å²) in [5, 5.41) is 2.81. The topological polar surface area (TPSA) is 47.0 Å². The van der Waals surface area contributed by atoms with Gasteiger partial charge >= 0.3 is 6.18 Å². The number of hydrogen-bond acceptors (Lipinski definition) is 4. The Morgan fingerprint density at radius 1 is 1.44 bits per heavy atom. The Morgan fingerprint density at radius 3 is 2.81 bits per heavy atom. The van der Waals surface area contributed by atoms with Gasteiger partial charge in [-0.05, 0) is 17.7 Å². The monoisotopic (exact) mass is 255 g/mol. The molecule has 1 rings (SSSR count). The van der Waals surface area contributed by atoms with Crippen molar-refractivity contribution in [1.82, 2.24) is 9.97 Å². The number of aromatic nitrogens is 2. The molecule has 0 fully saturated rings. The van der Waals surface area contributed by atoms with Crippen LogP contribution in [0.3, 0.4) is 0 Å². The molecule has 0 saturated carbocycles. The van der Waals surface area contributed by atoms with Gasteiger partial charge < -0.3 is 10.1 Å². The van der Waals surface area contributed by atoms with Crippen LogP contribution in [0.4, 0.5) is 19.0 Å². The zero-order valence-electron chi connectivity index (χ0n) is 8.09. The molecule has 0 atom stereocenters. The van der Waals surface area contributed by atoms with Gasteiger partial charge in [0, 0.05) is 12.7 Å². The van der Waals surface area contributed by atoms with E-state index in [1.807, 2.05) is 0 Å². The minimum Gasteiger partial charge on any atom is -0.370 e. The summed E-state index contributed by atoms with van der Waals surface area (Å²) in [4.78, 5) is 7.44. The van der Waals surface area contributed by atoms with Gasteiger partial charge in [0.25, 0.3) is 0 Å². The zero-order valence-corrected chi connectivity index (χ0v) is 8.85. The van der Waals surface area contributed by atoms with Crippen LogP contribution in [0.2, 0.25) is 5.28 Å². The number of nitrogens with one attached hydrogen (secondary N) is 1. The summed E-state index contributed by atoms with van der Waals surface area (Å²) in [5.74, 6) is 0.440. The van der Waals surface area contributed by atoms with E-state index in [4.69, 9.17) is 11.6 Å². The van der Waals surface area contributed by atoms with E-state index in [1.54, 1.807) is 6.07 Å². The predicted molar refractivity (Wildman–Crippen MR) is 52.4 cm³/mol. The lowest BCUT2D eigenvalue weighted by Gasteiger charge is -2.08. The maximum absolute atomic E-state index is 11.7. The summed E-state index contributed by atoms with van der Waals surface area (Å²) >= 11 is 5.50. The molecule has 4 nitrogen and oxygen atoms in total. The van der Waals surface area contributed by atoms with Crippen LogP contribution in [0, 0.1) is 0 Å². The molecule has 0 aliphatic heterocycles. The molecule has 0 bridgehead atoms. The van der Waals surface area contributed by atoms with E-state index in [-0.39, 0.29) is 18.4 Å². The van der Waals surface area contributed by atoms with Crippen LogP contribution in [0.15, 0.2) is 12.3 Å². The Labute approximate surface area is 94.8 Å². The van der Waals surface area contributed by atoms with E-state index < -0.39 is 12.8 Å². The van der Waals surface area contributed by atoms with Crippen LogP contribution in [0.1, 0.15) is 0 Å². The largest absolute Gasteiger partial charge is 0.411 e. The zero-order chi connectivity index (χ0) is 12.0. The van der Waals surface area contributed by atoms with Crippen LogP contribution in [-0.4, -0.2) is 35.9 Å². The highest BCUT2D eigenvalue weighted by Gasteiger charge is 2.27. The van der Waals surface area contributed by atoms with Gasteiger partial charge in [-0.15, -0.1) is 0 Å². The highest BCUT2D eigenvalue weighted by molar-refractivity contribution is 6.28. The van der Waals surface area contributed by atoms with Crippen molar-refractivity contribution in [2.45, 2.75) is 6.18 Å². The molecular formula is C8H9ClF3N3O. The third-order valence-electron chi connectivity index (χ3n) is 1.44. The number of alkyl halides is 3. The fourth-order valence-electron chi connectivity index (χ4n) is 0.873. The van der Waals surface area contributed by atoms with Crippen molar-refractivity contribution in [2.24, 2.45) is 0 Å². The van der Waals surface area contributed by atoms with Crippen LogP contribution >= 0.6 is 11.6 Å². The smallest absolute Gasteiger partial charge is 0.370 e. The molecule has 16 heavy (non-hydrogen) atoms. The molecule has 0 aromatic carbocycles. The highest BCUT2D eigenvalue weighted by atomic mass is 35.5. The minimum absolute atomic E-state index is 0.0683. The van der Waals surface area contributed by atoms with Gasteiger partial charge in [0.15, 0.2) is 0 Å². The first-order chi connectivity index (χ1) is 7.47. The van der Waals surface area contributed by atoms with Crippen molar-refractivity contribution < 1.29 is 17.9 Å². The van der Waals surface area contributed by atoms with Gasteiger partial charge in [-0.3, -0.25) is 0 Å². The van der Waals surface area contributed by atoms with Gasteiger partial charge in [-0.25, -0.2) is 9.97 Å². The molecular weight excluding hydrogens is 247 g/mol. The number of rotatable bonds is 5. The molecule has 90 valence electrons. The highest BCUT2D eigenvalue weighted by Crippen LogP contribution is 2.14. The number of halogens is 4. The van der Waals surface area contributed by atoms with Crippen molar-refractivity contribution in [3.8, 4) is 0 Å². The van der Waals surface area contributed by atoms with Crippen molar-refractivity contribution >= 4 is 17.4 Å². The lowest BCUT2D eigenvalue weighted by atomic mass is 10.5. The Morgan fingerprint density at radius 2 is 2.19 bits per heavy atom. The summed E-state index contributed by atoms with van der Waals surface area (Å²) in [6.45, 7) is -1.11. The number of anilines is 1. The lowest BCUT2D eigenvalue weighted by Crippen LogP contribution is -2.20. The molecule has 0 amide bonds. The van der Waals surface area contributed by atoms with E-state index in [0.717, 1.165) is 0 Å². The maximum atomic E-state index is 11.7. The second-order valence-corrected chi connectivity index (χ2v) is 3.14. The average molecular weight is 256 g/mol. The molecule has 0 spiro atoms. The third-order valence-corrected chi connectivity index (χ3v) is 1.63. The van der Waals surface area contributed by atoms with Gasteiger partial charge in [0.2, 0.25) is 5.28 Å². The molecule has 0 aliphatic carbocycles. The van der Waals surface area contributed by atoms with Gasteiger partial charge in [0.05, 0.1) is 6.61 Å². The summed E-state index contributed by atoms with van der Waals surface area (Å²) in [6, 6.07) is 1.55. The summed E-state index contributed by atoms with van der Waals surface area (Å²) in [6.07, 6.45) is -2.85. The maximum Gasteiger partial charge on any atom is 0.411 e. The van der Waals surface area contributed by atoms with Gasteiger partial charge in [0.1, 0.15) is 12.4 Å². The van der Waals surface area contributed by atoms with E-state index in [0.29, 0.717) is 5.82 Å². The van der Waals surface area contributed by atoms with Crippen LogP contribution in [0.5, 0.6) is 0 Å². The lowest BCUT2D eigenvalue weighted by molar-refractivity contribution is -0.172. The number of hydrogen-bond donors (Lipinski definition) is 1. The molecule has 0 aliphatic rings. The van der Waals surface area contributed by atoms with Crippen molar-refractivity contribution in [3.05, 3.63) is 17.5 Å². The number of nitrogens with zero attached hydrogens (tertiary/aromatic N) is 2. The van der Waals surface area contributed by atoms with E-state index in [1.165, 1.54) is 6.20 Å². The normalized spacial score (nSPS) is 11.5. The molecule has 0 unspecified atom stereocenters. The van der Waals surface area contributed by atoms with Gasteiger partial charge in [-0.2, -0.15) is 13.2 Å². The molecule has 0 saturated heterocycles. The number of ether oxygens (including phenoxy) is 1. The SMILES string of the molecule is FC(F)(F)COCCNc1ccnc(Cl)n1. The summed E-state index contributed by atoms with van der Waals surface area (Å²) in [5.41, 5.74) is 0. The molecule has 1 N–H and O–H groups in total. The fraction of sp³-hybridized carbons (Fsp3) is 0.500. The molecule has 1 aromatic rings. The van der Waals surface area contributed by atoms with E-state index in [9.17, 15) is 13.2 Å². The molecule has 8 heteroatoms. The minimum atomic E-state index is -4.29. The standard InChI is InChI=1S/C8H9ClF3N3O/c9-7-14-2-1-6(15-7)13-3-4-16-5-8(10,11)12/h1-2H,3-5H2,(H,13,14,15). The Balaban J connectivity index is 2.17. The first-order valence-electron chi connectivity index (χ1n) is 4.34. The second-order valence-electron chi connectivity index (χ2n) is 2.81. The van der Waals surface area contributed by atoms with Crippen molar-refractivity contribution in [1.29, 1.82) is 0 Å². The average Bonchev–Trinajstić information content (AvgIpc) is 2.15. The van der Waals surface area contributed by atoms with E-state index >= 15 is 0 Å². The summed E-state index contributed by atoms with van der Waals surface area (Å²) in [7, 11) is 0. The van der Waals surface area contributed by atoms with Crippen LogP contribution < -0.4 is 5.32 Å². The van der Waals surface area contributed by atoms with Gasteiger partial charge in [-0.1, -0.05) is 0 Å². The fourth-order valence-corrected chi connectivity index (χ4v) is 1.02. The van der Waals surface area contributed by atoms with E-state index in [2.05, 4.69) is 20.0 Å². The molecule has 0 radical (unpaired) electrons. The predicted octanol–water partition coefficient (Wildman–Crippen LogP) is 2.12. The van der Waals surface area contributed by atoms with Crippen molar-refractivity contribution in [2.75, 3.05) is 25.1 Å². The summed E-state index contributed by atoms with van der Waals surface area (Å²) < 4.78 is 39.4. The third kappa shape index (κ3) is 5.72. The van der Waals surface area contributed by atoms with Crippen LogP contribution in [0.25, 0.3) is 0 Å². The molecule has 1 aromatic heterocycles. The molecule has 1 heterocycles. The first kappa shape index (κ1) is 13.0. The Hall–Kier alpha value is -1.08. The van der Waals surface area contributed by atoms with Crippen LogP contribution in [-0.2, 0) is 4.74 Å². The Kier molecular flexibility index (Phi) is 4.75. The van der Waals surface area contributed by atoms with Crippen molar-refractivity contribution in [3.63, 3.8) is 0 Å². The quantitative estimate of drug-likeness (QED) is 0.647. The Bertz CT molecular complexity index is 335. The first-order valence-corrected chi connectivity index (χ1v) is 4.72. The second kappa shape index (κ2) is 5.86.